The number of aromatic nitrogens is 2. The minimum atomic E-state index is -4.41. The van der Waals surface area contributed by atoms with Crippen LogP contribution in [0.4, 0.5) is 13.2 Å². The summed E-state index contributed by atoms with van der Waals surface area (Å²) in [6.45, 7) is -0.243. The maximum absolute atomic E-state index is 12.5. The number of carbonyl (C=O) groups is 1. The maximum Gasteiger partial charge on any atom is 0.416 e. The number of alkyl halides is 3. The van der Waals surface area contributed by atoms with E-state index < -0.39 is 17.7 Å². The van der Waals surface area contributed by atoms with E-state index >= 15 is 0 Å². The van der Waals surface area contributed by atoms with Gasteiger partial charge in [0.1, 0.15) is 5.75 Å². The summed E-state index contributed by atoms with van der Waals surface area (Å²) in [6.07, 6.45) is -1.96. The largest absolute Gasteiger partial charge is 0.497 e. The van der Waals surface area contributed by atoms with E-state index in [2.05, 4.69) is 10.1 Å². The molecule has 0 atom stereocenters. The summed E-state index contributed by atoms with van der Waals surface area (Å²) < 4.78 is 52.7. The molecule has 3 rings (SSSR count). The first kappa shape index (κ1) is 20.1. The van der Waals surface area contributed by atoms with Crippen LogP contribution < -0.4 is 4.74 Å². The maximum atomic E-state index is 12.5. The van der Waals surface area contributed by atoms with Crippen molar-refractivity contribution >= 4 is 12.0 Å². The van der Waals surface area contributed by atoms with Crippen molar-refractivity contribution < 1.29 is 32.0 Å². The number of esters is 1. The number of hydrogen-bond acceptors (Lipinski definition) is 6. The molecule has 0 bridgehead atoms. The minimum Gasteiger partial charge on any atom is -0.497 e. The van der Waals surface area contributed by atoms with Crippen molar-refractivity contribution in [2.75, 3.05) is 7.11 Å². The van der Waals surface area contributed by atoms with Gasteiger partial charge in [-0.1, -0.05) is 29.4 Å². The van der Waals surface area contributed by atoms with Crippen LogP contribution in [-0.2, 0) is 22.3 Å². The van der Waals surface area contributed by atoms with Gasteiger partial charge in [0.2, 0.25) is 5.82 Å². The third-order valence-electron chi connectivity index (χ3n) is 3.78. The molecule has 3 aromatic rings. The molecule has 150 valence electrons. The van der Waals surface area contributed by atoms with Crippen molar-refractivity contribution in [1.82, 2.24) is 10.1 Å². The van der Waals surface area contributed by atoms with Gasteiger partial charge in [-0.25, -0.2) is 4.79 Å². The molecule has 6 nitrogen and oxygen atoms in total. The topological polar surface area (TPSA) is 74.5 Å². The number of benzene rings is 2. The Balaban J connectivity index is 1.55. The zero-order chi connectivity index (χ0) is 20.9. The van der Waals surface area contributed by atoms with Gasteiger partial charge in [0, 0.05) is 11.6 Å². The van der Waals surface area contributed by atoms with Crippen LogP contribution in [0.25, 0.3) is 17.5 Å². The molecule has 1 aromatic heterocycles. The Morgan fingerprint density at radius 2 is 1.93 bits per heavy atom. The van der Waals surface area contributed by atoms with Gasteiger partial charge in [0.15, 0.2) is 6.61 Å². The predicted octanol–water partition coefficient (Wildman–Crippen LogP) is 4.52. The fourth-order valence-corrected chi connectivity index (χ4v) is 2.32. The van der Waals surface area contributed by atoms with Crippen molar-refractivity contribution in [1.29, 1.82) is 0 Å². The van der Waals surface area contributed by atoms with Gasteiger partial charge < -0.3 is 14.0 Å². The van der Waals surface area contributed by atoms with Crippen molar-refractivity contribution in [3.8, 4) is 17.1 Å². The van der Waals surface area contributed by atoms with Crippen LogP contribution in [0, 0.1) is 0 Å². The van der Waals surface area contributed by atoms with Crippen LogP contribution in [-0.4, -0.2) is 23.2 Å². The highest BCUT2D eigenvalue weighted by Crippen LogP contribution is 2.29. The second-order valence-corrected chi connectivity index (χ2v) is 5.80. The number of ether oxygens (including phenoxy) is 2. The lowest BCUT2D eigenvalue weighted by molar-refractivity contribution is -0.140. The molecular weight excluding hydrogens is 389 g/mol. The van der Waals surface area contributed by atoms with Gasteiger partial charge in [-0.3, -0.25) is 0 Å². The highest BCUT2D eigenvalue weighted by atomic mass is 19.4. The monoisotopic (exact) mass is 404 g/mol. The molecular formula is C20H15F3N2O4. The number of nitrogens with zero attached hydrogens (tertiary/aromatic N) is 2. The van der Waals surface area contributed by atoms with Gasteiger partial charge in [-0.05, 0) is 35.9 Å². The summed E-state index contributed by atoms with van der Waals surface area (Å²) in [7, 11) is 1.54. The van der Waals surface area contributed by atoms with E-state index in [0.29, 0.717) is 22.7 Å². The average molecular weight is 404 g/mol. The first-order valence-electron chi connectivity index (χ1n) is 8.34. The zero-order valence-electron chi connectivity index (χ0n) is 15.1. The zero-order valence-corrected chi connectivity index (χ0v) is 15.1. The Morgan fingerprint density at radius 3 is 2.62 bits per heavy atom. The molecule has 0 aliphatic carbocycles. The van der Waals surface area contributed by atoms with Crippen molar-refractivity contribution in [3.05, 3.63) is 71.6 Å². The Morgan fingerprint density at radius 1 is 1.17 bits per heavy atom. The fourth-order valence-electron chi connectivity index (χ4n) is 2.32. The third-order valence-corrected chi connectivity index (χ3v) is 3.78. The molecule has 1 heterocycles. The van der Waals surface area contributed by atoms with Crippen LogP contribution in [0.2, 0.25) is 0 Å². The van der Waals surface area contributed by atoms with E-state index in [4.69, 9.17) is 14.0 Å². The summed E-state index contributed by atoms with van der Waals surface area (Å²) in [4.78, 5) is 15.9. The summed E-state index contributed by atoms with van der Waals surface area (Å²) in [5, 5.41) is 3.82. The Kier molecular flexibility index (Phi) is 5.96. The molecule has 0 amide bonds. The highest BCUT2D eigenvalue weighted by Gasteiger charge is 2.29. The molecule has 0 spiro atoms. The lowest BCUT2D eigenvalue weighted by atomic mass is 10.1. The molecule has 2 aromatic carbocycles. The molecule has 0 unspecified atom stereocenters. The van der Waals surface area contributed by atoms with Gasteiger partial charge in [-0.15, -0.1) is 0 Å². The van der Waals surface area contributed by atoms with Crippen LogP contribution in [0.5, 0.6) is 5.75 Å². The third kappa shape index (κ3) is 5.44. The minimum absolute atomic E-state index is 0.0964. The van der Waals surface area contributed by atoms with Gasteiger partial charge >= 0.3 is 12.1 Å². The lowest BCUT2D eigenvalue weighted by Crippen LogP contribution is -2.04. The summed E-state index contributed by atoms with van der Waals surface area (Å²) in [5.41, 5.74) is 0.335. The first-order chi connectivity index (χ1) is 13.8. The molecule has 0 N–H and O–H groups in total. The Hall–Kier alpha value is -3.62. The first-order valence-corrected chi connectivity index (χ1v) is 8.34. The van der Waals surface area contributed by atoms with Crippen LogP contribution in [0.1, 0.15) is 17.0 Å². The standard InChI is InChI=1S/C20H15F3N2O4/c1-27-16-4-2-3-14(11-16)19-24-17(29-25-19)12-28-18(26)10-7-13-5-8-15(9-6-13)20(21,22)23/h2-11H,12H2,1H3/b10-7+. The number of rotatable bonds is 6. The number of halogens is 3. The van der Waals surface area contributed by atoms with Crippen LogP contribution >= 0.6 is 0 Å². The fraction of sp³-hybridized carbons (Fsp3) is 0.150. The highest BCUT2D eigenvalue weighted by molar-refractivity contribution is 5.87. The molecule has 0 fully saturated rings. The Bertz CT molecular complexity index is 1010. The molecule has 29 heavy (non-hydrogen) atoms. The second-order valence-electron chi connectivity index (χ2n) is 5.80. The quantitative estimate of drug-likeness (QED) is 0.444. The molecule has 9 heteroatoms. The summed E-state index contributed by atoms with van der Waals surface area (Å²) in [5.74, 6) is 0.342. The van der Waals surface area contributed by atoms with Crippen LogP contribution in [0.15, 0.2) is 59.1 Å². The molecule has 0 radical (unpaired) electrons. The van der Waals surface area contributed by atoms with Gasteiger partial charge in [-0.2, -0.15) is 18.2 Å². The molecule has 0 aliphatic rings. The number of carbonyl (C=O) groups excluding carboxylic acids is 1. The summed E-state index contributed by atoms with van der Waals surface area (Å²) in [6, 6.07) is 11.4. The SMILES string of the molecule is COc1cccc(-c2noc(COC(=O)/C=C/c3ccc(C(F)(F)F)cc3)n2)c1. The lowest BCUT2D eigenvalue weighted by Gasteiger charge is -2.05. The summed E-state index contributed by atoms with van der Waals surface area (Å²) >= 11 is 0. The van der Waals surface area contributed by atoms with Crippen molar-refractivity contribution in [2.45, 2.75) is 12.8 Å². The van der Waals surface area contributed by atoms with Gasteiger partial charge in [0.05, 0.1) is 12.7 Å². The van der Waals surface area contributed by atoms with Crippen molar-refractivity contribution in [2.24, 2.45) is 0 Å². The van der Waals surface area contributed by atoms with E-state index in [1.54, 1.807) is 31.4 Å². The normalized spacial score (nSPS) is 11.6. The number of hydrogen-bond donors (Lipinski definition) is 0. The molecule has 0 saturated carbocycles. The second kappa shape index (κ2) is 8.59. The van der Waals surface area contributed by atoms with E-state index in [1.165, 1.54) is 18.2 Å². The van der Waals surface area contributed by atoms with Crippen LogP contribution in [0.3, 0.4) is 0 Å². The van der Waals surface area contributed by atoms with Crippen molar-refractivity contribution in [3.63, 3.8) is 0 Å². The molecule has 0 aliphatic heterocycles. The van der Waals surface area contributed by atoms with E-state index in [0.717, 1.165) is 18.2 Å². The van der Waals surface area contributed by atoms with E-state index in [-0.39, 0.29) is 12.5 Å². The Labute approximate surface area is 163 Å². The van der Waals surface area contributed by atoms with Gasteiger partial charge in [0.25, 0.3) is 5.89 Å². The average Bonchev–Trinajstić information content (AvgIpc) is 3.19. The molecule has 0 saturated heterocycles. The van der Waals surface area contributed by atoms with E-state index in [9.17, 15) is 18.0 Å². The smallest absolute Gasteiger partial charge is 0.416 e. The number of methoxy groups -OCH3 is 1. The van der Waals surface area contributed by atoms with E-state index in [1.807, 2.05) is 0 Å². The predicted molar refractivity (Wildman–Crippen MR) is 96.6 cm³/mol.